The lowest BCUT2D eigenvalue weighted by molar-refractivity contribution is 0.0586. The smallest absolute Gasteiger partial charge is 0.412 e. The van der Waals surface area contributed by atoms with Gasteiger partial charge in [0.25, 0.3) is 0 Å². The van der Waals surface area contributed by atoms with E-state index in [-0.39, 0.29) is 21.9 Å². The number of ether oxygens (including phenoxy) is 2. The number of amides is 1. The van der Waals surface area contributed by atoms with Crippen LogP contribution in [0, 0.1) is 0 Å². The molecule has 0 atom stereocenters. The zero-order chi connectivity index (χ0) is 20.8. The first-order valence-electron chi connectivity index (χ1n) is 8.53. The summed E-state index contributed by atoms with van der Waals surface area (Å²) in [7, 11) is 1.14. The van der Waals surface area contributed by atoms with Crippen LogP contribution in [0.2, 0.25) is 0 Å². The number of rotatable bonds is 7. The maximum absolute atomic E-state index is 12.6. The first kappa shape index (κ1) is 20.3. The van der Waals surface area contributed by atoms with Crippen LogP contribution in [0.1, 0.15) is 37.8 Å². The number of thioether (sulfide) groups is 1. The summed E-state index contributed by atoms with van der Waals surface area (Å²) in [5.41, 5.74) is -0.506. The van der Waals surface area contributed by atoms with Crippen LogP contribution in [0.4, 0.5) is 4.79 Å². The van der Waals surface area contributed by atoms with E-state index in [0.29, 0.717) is 24.5 Å². The molecule has 1 heterocycles. The number of ketones is 2. The number of allylic oxidation sites excluding steroid dienone is 2. The standard InChI is InChI=1S/C19H16N2O7S/c1-26-18(24)15-14-16(23)13(10-12(22)17(14)28-21-15)29-9-5-8-20-19(25)27-11-6-3-2-4-7-11/h2-4,6-7,10H,5,8-9H2,1H3,(H,20,25). The molecule has 2 aromatic rings. The van der Waals surface area contributed by atoms with Crippen molar-refractivity contribution in [3.63, 3.8) is 0 Å². The average molecular weight is 416 g/mol. The van der Waals surface area contributed by atoms with Crippen LogP contribution in [-0.4, -0.2) is 48.2 Å². The van der Waals surface area contributed by atoms with Crippen LogP contribution in [0.5, 0.6) is 5.75 Å². The third kappa shape index (κ3) is 4.72. The molecule has 1 aliphatic carbocycles. The fraction of sp³-hybridized carbons (Fsp3) is 0.211. The molecular weight excluding hydrogens is 400 g/mol. The minimum absolute atomic E-state index is 0.169. The quantitative estimate of drug-likeness (QED) is 0.535. The largest absolute Gasteiger partial charge is 0.464 e. The number of aromatic nitrogens is 1. The van der Waals surface area contributed by atoms with Crippen LogP contribution in [0.15, 0.2) is 45.8 Å². The van der Waals surface area contributed by atoms with E-state index >= 15 is 0 Å². The fourth-order valence-electron chi connectivity index (χ4n) is 2.46. The van der Waals surface area contributed by atoms with Crippen molar-refractivity contribution in [2.45, 2.75) is 6.42 Å². The molecule has 10 heteroatoms. The molecule has 1 aromatic carbocycles. The Morgan fingerprint density at radius 1 is 1.21 bits per heavy atom. The van der Waals surface area contributed by atoms with Gasteiger partial charge in [-0.15, -0.1) is 11.8 Å². The van der Waals surface area contributed by atoms with E-state index in [9.17, 15) is 19.2 Å². The van der Waals surface area contributed by atoms with Crippen molar-refractivity contribution in [1.29, 1.82) is 0 Å². The zero-order valence-electron chi connectivity index (χ0n) is 15.3. The predicted octanol–water partition coefficient (Wildman–Crippen LogP) is 2.64. The van der Waals surface area contributed by atoms with E-state index in [4.69, 9.17) is 9.26 Å². The summed E-state index contributed by atoms with van der Waals surface area (Å²) in [6.07, 6.45) is 1.09. The summed E-state index contributed by atoms with van der Waals surface area (Å²) >= 11 is 1.14. The Kier molecular flexibility index (Phi) is 6.45. The van der Waals surface area contributed by atoms with E-state index < -0.39 is 23.6 Å². The van der Waals surface area contributed by atoms with Gasteiger partial charge in [0, 0.05) is 12.6 Å². The SMILES string of the molecule is COC(=O)c1noc2c1C(=O)C(SCCCNC(=O)Oc1ccccc1)=CC2=O. The van der Waals surface area contributed by atoms with Gasteiger partial charge in [-0.1, -0.05) is 23.4 Å². The first-order chi connectivity index (χ1) is 14.0. The van der Waals surface area contributed by atoms with Crippen molar-refractivity contribution in [3.05, 3.63) is 58.3 Å². The number of benzene rings is 1. The number of hydrogen-bond acceptors (Lipinski definition) is 9. The summed E-state index contributed by atoms with van der Waals surface area (Å²) in [6, 6.07) is 8.64. The van der Waals surface area contributed by atoms with Crippen LogP contribution >= 0.6 is 11.8 Å². The number of methoxy groups -OCH3 is 1. The summed E-state index contributed by atoms with van der Waals surface area (Å²) in [6.45, 7) is 0.319. The van der Waals surface area contributed by atoms with Gasteiger partial charge < -0.3 is 19.3 Å². The highest BCUT2D eigenvalue weighted by molar-refractivity contribution is 8.04. The Bertz CT molecular complexity index is 982. The minimum atomic E-state index is -0.858. The van der Waals surface area contributed by atoms with Crippen molar-refractivity contribution in [2.75, 3.05) is 19.4 Å². The molecule has 1 amide bonds. The topological polar surface area (TPSA) is 125 Å². The maximum Gasteiger partial charge on any atom is 0.412 e. The Morgan fingerprint density at radius 2 is 1.97 bits per heavy atom. The molecule has 9 nitrogen and oxygen atoms in total. The van der Waals surface area contributed by atoms with Crippen LogP contribution in [0.3, 0.4) is 0 Å². The van der Waals surface area contributed by atoms with Gasteiger partial charge in [0.15, 0.2) is 0 Å². The van der Waals surface area contributed by atoms with Crippen molar-refractivity contribution in [1.82, 2.24) is 10.5 Å². The third-order valence-corrected chi connectivity index (χ3v) is 4.92. The molecule has 150 valence electrons. The van der Waals surface area contributed by atoms with Gasteiger partial charge in [0.1, 0.15) is 11.3 Å². The summed E-state index contributed by atoms with van der Waals surface area (Å²) < 4.78 is 14.5. The van der Waals surface area contributed by atoms with E-state index in [2.05, 4.69) is 15.2 Å². The van der Waals surface area contributed by atoms with Gasteiger partial charge >= 0.3 is 12.1 Å². The highest BCUT2D eigenvalue weighted by Gasteiger charge is 2.36. The van der Waals surface area contributed by atoms with Crippen LogP contribution in [-0.2, 0) is 4.74 Å². The third-order valence-electron chi connectivity index (χ3n) is 3.81. The van der Waals surface area contributed by atoms with Gasteiger partial charge in [-0.25, -0.2) is 9.59 Å². The molecule has 0 saturated carbocycles. The lowest BCUT2D eigenvalue weighted by Gasteiger charge is -2.11. The number of nitrogens with zero attached hydrogens (tertiary/aromatic N) is 1. The molecule has 1 N–H and O–H groups in total. The molecule has 0 spiro atoms. The van der Waals surface area contributed by atoms with Gasteiger partial charge in [-0.2, -0.15) is 0 Å². The fourth-order valence-corrected chi connectivity index (χ4v) is 3.39. The van der Waals surface area contributed by atoms with Crippen molar-refractivity contribution < 1.29 is 33.2 Å². The van der Waals surface area contributed by atoms with Gasteiger partial charge in [0.2, 0.25) is 23.0 Å². The van der Waals surface area contributed by atoms with Gasteiger partial charge in [-0.05, 0) is 24.3 Å². The van der Waals surface area contributed by atoms with Crippen molar-refractivity contribution in [2.24, 2.45) is 0 Å². The van der Waals surface area contributed by atoms with E-state index in [0.717, 1.165) is 24.9 Å². The lowest BCUT2D eigenvalue weighted by atomic mass is 10.00. The second-order valence-corrected chi connectivity index (χ2v) is 6.90. The Balaban J connectivity index is 1.49. The first-order valence-corrected chi connectivity index (χ1v) is 9.52. The molecule has 0 unspecified atom stereocenters. The monoisotopic (exact) mass is 416 g/mol. The molecule has 29 heavy (non-hydrogen) atoms. The van der Waals surface area contributed by atoms with Crippen LogP contribution < -0.4 is 10.1 Å². The van der Waals surface area contributed by atoms with Crippen LogP contribution in [0.25, 0.3) is 0 Å². The number of esters is 1. The summed E-state index contributed by atoms with van der Waals surface area (Å²) in [4.78, 5) is 48.3. The van der Waals surface area contributed by atoms with E-state index in [1.165, 1.54) is 0 Å². The molecule has 0 saturated heterocycles. The number of Topliss-reactive ketones (excluding diaryl/α,β-unsaturated/α-hetero) is 1. The molecule has 1 aromatic heterocycles. The number of nitrogens with one attached hydrogen (secondary N) is 1. The molecule has 1 aliphatic rings. The average Bonchev–Trinajstić information content (AvgIpc) is 3.17. The van der Waals surface area contributed by atoms with Crippen molar-refractivity contribution in [3.8, 4) is 5.75 Å². The Morgan fingerprint density at radius 3 is 2.69 bits per heavy atom. The second-order valence-electron chi connectivity index (χ2n) is 5.76. The number of carbonyl (C=O) groups is 4. The molecular formula is C19H16N2O7S. The molecule has 3 rings (SSSR count). The lowest BCUT2D eigenvalue weighted by Crippen LogP contribution is -2.28. The van der Waals surface area contributed by atoms with E-state index in [1.807, 2.05) is 6.07 Å². The number of hydrogen-bond donors (Lipinski definition) is 1. The molecule has 0 fully saturated rings. The van der Waals surface area contributed by atoms with E-state index in [1.54, 1.807) is 24.3 Å². The highest BCUT2D eigenvalue weighted by atomic mass is 32.2. The van der Waals surface area contributed by atoms with Crippen molar-refractivity contribution >= 4 is 35.4 Å². The summed E-state index contributed by atoms with van der Waals surface area (Å²) in [5, 5.41) is 6.07. The number of fused-ring (bicyclic) bond motifs is 1. The van der Waals surface area contributed by atoms with Gasteiger partial charge in [-0.3, -0.25) is 9.59 Å². The zero-order valence-corrected chi connectivity index (χ0v) is 16.1. The number of carbonyl (C=O) groups excluding carboxylic acids is 4. The Hall–Kier alpha value is -3.40. The molecule has 0 radical (unpaired) electrons. The molecule has 0 aliphatic heterocycles. The minimum Gasteiger partial charge on any atom is -0.464 e. The second kappa shape index (κ2) is 9.20. The predicted molar refractivity (Wildman–Crippen MR) is 102 cm³/mol. The normalized spacial score (nSPS) is 12.8. The Labute approximate surface area is 169 Å². The van der Waals surface area contributed by atoms with Gasteiger partial charge in [0.05, 0.1) is 12.0 Å². The maximum atomic E-state index is 12.6. The summed E-state index contributed by atoms with van der Waals surface area (Å²) in [5.74, 6) is -1.32. The highest BCUT2D eigenvalue weighted by Crippen LogP contribution is 2.30. The number of para-hydroxylation sites is 1. The molecule has 0 bridgehead atoms.